The Labute approximate surface area is 354 Å². The highest BCUT2D eigenvalue weighted by Gasteiger charge is 2.51. The topological polar surface area (TPSA) is 49.6 Å². The van der Waals surface area contributed by atoms with Crippen LogP contribution in [0, 0.1) is 11.3 Å². The first kappa shape index (κ1) is 34.8. The first-order chi connectivity index (χ1) is 30.2. The van der Waals surface area contributed by atoms with Crippen LogP contribution in [0.3, 0.4) is 0 Å². The molecule has 61 heavy (non-hydrogen) atoms. The van der Waals surface area contributed by atoms with Gasteiger partial charge in [-0.3, -0.25) is 0 Å². The second-order valence-corrected chi connectivity index (χ2v) is 16.0. The molecule has 0 N–H and O–H groups in total. The van der Waals surface area contributed by atoms with Gasteiger partial charge in [0.2, 0.25) is 0 Å². The summed E-state index contributed by atoms with van der Waals surface area (Å²) in [5.74, 6) is 0.706. The molecule has 2 aliphatic carbocycles. The van der Waals surface area contributed by atoms with Crippen molar-refractivity contribution in [2.45, 2.75) is 5.41 Å². The fourth-order valence-electron chi connectivity index (χ4n) is 10.00. The van der Waals surface area contributed by atoms with Crippen LogP contribution in [0.1, 0.15) is 27.8 Å². The van der Waals surface area contributed by atoms with E-state index in [2.05, 4.69) is 206 Å². The smallest absolute Gasteiger partial charge is 0.161 e. The summed E-state index contributed by atoms with van der Waals surface area (Å²) in [4.78, 5) is 10.4. The molecule has 0 saturated carbocycles. The zero-order valence-electron chi connectivity index (χ0n) is 33.0. The normalized spacial score (nSPS) is 12.7. The Bertz CT molecular complexity index is 3380. The van der Waals surface area contributed by atoms with Gasteiger partial charge in [-0.1, -0.05) is 182 Å². The molecule has 1 heterocycles. The molecule has 0 fully saturated rings. The maximum Gasteiger partial charge on any atom is 0.161 e. The molecule has 3 nitrogen and oxygen atoms in total. The summed E-state index contributed by atoms with van der Waals surface area (Å²) in [6.45, 7) is 0. The van der Waals surface area contributed by atoms with E-state index in [0.717, 1.165) is 66.7 Å². The number of aromatic nitrogens is 2. The average Bonchev–Trinajstić information content (AvgIpc) is 3.80. The third-order valence-corrected chi connectivity index (χ3v) is 12.8. The van der Waals surface area contributed by atoms with Crippen molar-refractivity contribution in [1.82, 2.24) is 9.97 Å². The summed E-state index contributed by atoms with van der Waals surface area (Å²) in [6, 6.07) is 77.9. The Morgan fingerprint density at radius 3 is 1.64 bits per heavy atom. The van der Waals surface area contributed by atoms with Crippen LogP contribution in [0.15, 0.2) is 212 Å². The van der Waals surface area contributed by atoms with E-state index in [1.54, 1.807) is 0 Å². The van der Waals surface area contributed by atoms with Crippen molar-refractivity contribution >= 4 is 10.8 Å². The van der Waals surface area contributed by atoms with Gasteiger partial charge < -0.3 is 0 Å². The molecular formula is C58H35N3. The Morgan fingerprint density at radius 1 is 0.344 bits per heavy atom. The number of fused-ring (bicyclic) bond motifs is 11. The maximum atomic E-state index is 9.94. The predicted octanol–water partition coefficient (Wildman–Crippen LogP) is 14.2. The molecule has 2 aliphatic rings. The van der Waals surface area contributed by atoms with Gasteiger partial charge in [-0.15, -0.1) is 0 Å². The maximum absolute atomic E-state index is 9.94. The first-order valence-electron chi connectivity index (χ1n) is 20.7. The van der Waals surface area contributed by atoms with E-state index in [1.165, 1.54) is 38.9 Å². The van der Waals surface area contributed by atoms with Crippen molar-refractivity contribution in [2.75, 3.05) is 0 Å². The summed E-state index contributed by atoms with van der Waals surface area (Å²) in [7, 11) is 0. The first-order valence-corrected chi connectivity index (χ1v) is 20.7. The fraction of sp³-hybridized carbons (Fsp3) is 0.0172. The quantitative estimate of drug-likeness (QED) is 0.175. The van der Waals surface area contributed by atoms with Crippen LogP contribution in [0.4, 0.5) is 0 Å². The largest absolute Gasteiger partial charge is 0.228 e. The van der Waals surface area contributed by atoms with E-state index in [4.69, 9.17) is 9.97 Å². The minimum absolute atomic E-state index is 0.475. The van der Waals surface area contributed by atoms with Gasteiger partial charge in [-0.05, 0) is 108 Å². The molecule has 1 aromatic heterocycles. The molecule has 0 radical (unpaired) electrons. The van der Waals surface area contributed by atoms with Crippen LogP contribution in [0.25, 0.3) is 89.2 Å². The summed E-state index contributed by atoms with van der Waals surface area (Å²) in [5.41, 5.74) is 19.5. The van der Waals surface area contributed by atoms with Gasteiger partial charge >= 0.3 is 0 Å². The standard InChI is InChI=1S/C58H35N3/c59-36-37-24-31-53-50(32-37)48-30-29-43(34-54(48)58(53)51-22-8-6-19-46(51)47-20-7-9-23-52(47)58)39-27-25-38(26-28-39)42-16-10-17-44(33-42)56-35-55(41-13-2-1-3-14-41)60-57(61-56)49-21-11-15-40-12-4-5-18-45(40)49/h1-35H. The lowest BCUT2D eigenvalue weighted by Crippen LogP contribution is -2.25. The van der Waals surface area contributed by atoms with E-state index < -0.39 is 5.41 Å². The molecule has 0 atom stereocenters. The third kappa shape index (κ3) is 5.36. The molecule has 282 valence electrons. The molecular weight excluding hydrogens is 739 g/mol. The summed E-state index contributed by atoms with van der Waals surface area (Å²) in [5, 5.41) is 12.2. The molecule has 1 spiro atoms. The molecule has 3 heteroatoms. The number of hydrogen-bond acceptors (Lipinski definition) is 3. The highest BCUT2D eigenvalue weighted by Crippen LogP contribution is 2.63. The van der Waals surface area contributed by atoms with E-state index in [9.17, 15) is 5.26 Å². The molecule has 0 amide bonds. The van der Waals surface area contributed by atoms with Gasteiger partial charge in [-0.2, -0.15) is 5.26 Å². The molecule has 0 saturated heterocycles. The predicted molar refractivity (Wildman–Crippen MR) is 248 cm³/mol. The van der Waals surface area contributed by atoms with Crippen molar-refractivity contribution in [3.8, 4) is 84.5 Å². The van der Waals surface area contributed by atoms with Crippen molar-refractivity contribution < 1.29 is 0 Å². The van der Waals surface area contributed by atoms with Crippen LogP contribution in [-0.2, 0) is 5.41 Å². The van der Waals surface area contributed by atoms with E-state index >= 15 is 0 Å². The minimum atomic E-state index is -0.475. The Kier molecular flexibility index (Phi) is 7.82. The van der Waals surface area contributed by atoms with Crippen LogP contribution in [-0.4, -0.2) is 9.97 Å². The van der Waals surface area contributed by atoms with Crippen LogP contribution in [0.5, 0.6) is 0 Å². The van der Waals surface area contributed by atoms with Gasteiger partial charge in [0.25, 0.3) is 0 Å². The van der Waals surface area contributed by atoms with Gasteiger partial charge in [0.05, 0.1) is 28.4 Å². The van der Waals surface area contributed by atoms with Crippen molar-refractivity contribution in [2.24, 2.45) is 0 Å². The third-order valence-electron chi connectivity index (χ3n) is 12.8. The van der Waals surface area contributed by atoms with Crippen molar-refractivity contribution in [3.05, 3.63) is 240 Å². The number of hydrogen-bond donors (Lipinski definition) is 0. The highest BCUT2D eigenvalue weighted by molar-refractivity contribution is 5.97. The number of rotatable bonds is 5. The van der Waals surface area contributed by atoms with E-state index in [1.807, 2.05) is 12.1 Å². The van der Waals surface area contributed by atoms with Gasteiger partial charge in [-0.25, -0.2) is 9.97 Å². The molecule has 10 aromatic rings. The Balaban J connectivity index is 0.943. The zero-order chi connectivity index (χ0) is 40.5. The van der Waals surface area contributed by atoms with Crippen molar-refractivity contribution in [3.63, 3.8) is 0 Å². The lowest BCUT2D eigenvalue weighted by molar-refractivity contribution is 0.794. The van der Waals surface area contributed by atoms with Crippen LogP contribution >= 0.6 is 0 Å². The van der Waals surface area contributed by atoms with Crippen molar-refractivity contribution in [1.29, 1.82) is 5.26 Å². The molecule has 9 aromatic carbocycles. The van der Waals surface area contributed by atoms with E-state index in [0.29, 0.717) is 11.4 Å². The summed E-state index contributed by atoms with van der Waals surface area (Å²) < 4.78 is 0. The molecule has 0 aliphatic heterocycles. The number of benzene rings is 9. The van der Waals surface area contributed by atoms with E-state index in [-0.39, 0.29) is 0 Å². The molecule has 0 bridgehead atoms. The lowest BCUT2D eigenvalue weighted by Gasteiger charge is -2.30. The van der Waals surface area contributed by atoms with Gasteiger partial charge in [0, 0.05) is 16.7 Å². The number of nitriles is 1. The summed E-state index contributed by atoms with van der Waals surface area (Å²) in [6.07, 6.45) is 0. The van der Waals surface area contributed by atoms with Crippen LogP contribution < -0.4 is 0 Å². The molecule has 12 rings (SSSR count). The molecule has 0 unspecified atom stereocenters. The number of nitrogens with zero attached hydrogens (tertiary/aromatic N) is 3. The highest BCUT2D eigenvalue weighted by atomic mass is 14.9. The minimum Gasteiger partial charge on any atom is -0.228 e. The lowest BCUT2D eigenvalue weighted by atomic mass is 9.70. The van der Waals surface area contributed by atoms with Gasteiger partial charge in [0.15, 0.2) is 5.82 Å². The Morgan fingerprint density at radius 2 is 0.885 bits per heavy atom. The summed E-state index contributed by atoms with van der Waals surface area (Å²) >= 11 is 0. The second kappa shape index (κ2) is 13.7. The van der Waals surface area contributed by atoms with Gasteiger partial charge in [0.1, 0.15) is 0 Å². The van der Waals surface area contributed by atoms with Crippen LogP contribution in [0.2, 0.25) is 0 Å². The average molecular weight is 774 g/mol. The SMILES string of the molecule is N#Cc1ccc2c(c1)-c1ccc(-c3ccc(-c4cccc(-c5cc(-c6ccccc6)nc(-c6cccc7ccccc67)n5)c4)cc3)cc1C21c2ccccc2-c2ccccc21. The zero-order valence-corrected chi connectivity index (χ0v) is 33.0. The fourth-order valence-corrected chi connectivity index (χ4v) is 10.00. The Hall–Kier alpha value is -8.19. The second-order valence-electron chi connectivity index (χ2n) is 16.0. The monoisotopic (exact) mass is 773 g/mol.